The number of carbonyl (C=O) groups is 9. The summed E-state index contributed by atoms with van der Waals surface area (Å²) in [5, 5.41) is 37.1. The van der Waals surface area contributed by atoms with E-state index >= 15 is 0 Å². The van der Waals surface area contributed by atoms with Crippen molar-refractivity contribution in [3.8, 4) is 0 Å². The first kappa shape index (κ1) is 102. The van der Waals surface area contributed by atoms with Crippen LogP contribution in [0, 0.1) is 11.3 Å². The largest absolute Gasteiger partial charge is 1.00 e. The third-order valence-corrected chi connectivity index (χ3v) is 19.4. The maximum atomic E-state index is 11.1. The first-order valence-electron chi connectivity index (χ1n) is 31.1. The molecule has 10 rings (SSSR count). The number of nitrogens with zero attached hydrogens (tertiary/aromatic N) is 3. The first-order chi connectivity index (χ1) is 44.6. The van der Waals surface area contributed by atoms with Gasteiger partial charge in [0.2, 0.25) is 29.5 Å². The van der Waals surface area contributed by atoms with E-state index in [1.54, 1.807) is 18.3 Å². The van der Waals surface area contributed by atoms with Crippen molar-refractivity contribution in [3.05, 3.63) is 31.7 Å². The van der Waals surface area contributed by atoms with Gasteiger partial charge in [0.15, 0.2) is 26.4 Å². The van der Waals surface area contributed by atoms with Gasteiger partial charge in [-0.1, -0.05) is 31.9 Å². The number of rotatable bonds is 7. The summed E-state index contributed by atoms with van der Waals surface area (Å²) < 4.78 is 5.38. The molecule has 0 saturated heterocycles. The maximum Gasteiger partial charge on any atom is 1.00 e. The average Bonchev–Trinajstić information content (AvgIpc) is 1.73. The molecule has 24 N–H and O–H groups in total. The standard InChI is InChI=1S/2C9H13N3OS.2C8H12BrNO2.C8H15NO2.C8H13NO2.C7H11N3S.C2H4O2.CH4N2S.Br2.BrH.Na.2H2O/c1-5(10)13-6-2-3-7-8(4-6)14-9(11)12-7;10-8(13)4-5-1-2-6-7(3-5)14-9(11)12-6;2*1-5(11)10-6-2-3-8(12)7(9)4-6;2*1-6(10)9-7-2-4-8(11)5-3-7;8-4-1-2-5-6(3-4)11-7(9)10-5;1-2(3)4;2-1(3)4;1-2;;;;/h6,10H,2-4H2,1H3,(H2,11,12);5H,1-4H2,(H2,10,13)(H2,11,12);2*6-7H,2-4H2,1H3,(H,10,11);7-8,11H,2-5H2,1H3,(H,9,10);7H,2-5H2,1H3,(H,9,10);4H,1-3,8H2,(H2,9,10);1H3,(H,3,4);(H4,2,3,4);;1H;;2*1H2/q;;;;;;;;;;;+1;;/p-1. The maximum absolute atomic E-state index is 11.1. The number of carbonyl (C=O) groups excluding carboxylic acids is 8. The molecule has 0 radical (unpaired) electrons. The van der Waals surface area contributed by atoms with Crippen LogP contribution in [0.15, 0.2) is 0 Å². The van der Waals surface area contributed by atoms with E-state index in [0.29, 0.717) is 71.3 Å². The fourth-order valence-corrected chi connectivity index (χ4v) is 15.0. The summed E-state index contributed by atoms with van der Waals surface area (Å²) in [7, 11) is 0. The van der Waals surface area contributed by atoms with E-state index in [1.807, 2.05) is 0 Å². The monoisotopic (exact) mass is 1800 g/mol. The van der Waals surface area contributed by atoms with Crippen LogP contribution in [-0.2, 0) is 86.4 Å². The predicted octanol–water partition coefficient (Wildman–Crippen LogP) is 3.47. The number of primary amides is 1. The molecule has 39 heteroatoms. The van der Waals surface area contributed by atoms with E-state index < -0.39 is 5.97 Å². The van der Waals surface area contributed by atoms with E-state index in [1.165, 1.54) is 70.7 Å². The molecule has 0 spiro atoms. The number of aromatic nitrogens is 3. The van der Waals surface area contributed by atoms with Crippen LogP contribution in [-0.4, -0.2) is 152 Å². The number of nitrogen functional groups attached to an aromatic ring is 3. The van der Waals surface area contributed by atoms with Crippen molar-refractivity contribution in [2.75, 3.05) is 17.2 Å². The van der Waals surface area contributed by atoms with Crippen LogP contribution in [0.2, 0.25) is 0 Å². The minimum absolute atomic E-state index is 0. The van der Waals surface area contributed by atoms with Crippen molar-refractivity contribution in [3.63, 3.8) is 0 Å². The Morgan fingerprint density at radius 2 is 0.909 bits per heavy atom. The molecule has 7 atom stereocenters. The number of nitrogens with two attached hydrogens (primary N) is 7. The quantitative estimate of drug-likeness (QED) is 0.0529. The topological polar surface area (TPSA) is 558 Å². The summed E-state index contributed by atoms with van der Waals surface area (Å²) in [4.78, 5) is 112. The number of aliphatic hydroxyl groups excluding tert-OH is 1. The second kappa shape index (κ2) is 56.0. The Hall–Kier alpha value is -3.48. The molecule has 7 aliphatic rings. The number of hydrogen-bond donors (Lipinski definition) is 14. The van der Waals surface area contributed by atoms with Crippen LogP contribution < -0.4 is 91.0 Å². The number of nitrogens with one attached hydrogen (secondary N) is 5. The molecule has 29 nitrogen and oxygen atoms in total. The summed E-state index contributed by atoms with van der Waals surface area (Å²) in [6, 6.07) is 1.21. The number of Topliss-reactive ketones (excluding diaryl/α,β-unsaturated/α-hetero) is 3. The first-order valence-corrected chi connectivity index (χ1v) is 39.5. The van der Waals surface area contributed by atoms with Gasteiger partial charge >= 0.3 is 29.6 Å². The van der Waals surface area contributed by atoms with E-state index in [9.17, 15) is 38.4 Å². The Kier molecular flexibility index (Phi) is 57.6. The molecule has 560 valence electrons. The Morgan fingerprint density at radius 1 is 0.576 bits per heavy atom. The van der Waals surface area contributed by atoms with Crippen LogP contribution in [0.5, 0.6) is 0 Å². The smallest absolute Gasteiger partial charge is 0.870 e. The van der Waals surface area contributed by atoms with Gasteiger partial charge in [-0.05, 0) is 134 Å². The zero-order chi connectivity index (χ0) is 72.1. The van der Waals surface area contributed by atoms with E-state index in [-0.39, 0.29) is 150 Å². The molecular formula is C60H101Br5N15NaO14S4. The zero-order valence-electron chi connectivity index (χ0n) is 57.1. The number of hydrogen-bond acceptors (Lipinski definition) is 24. The number of carboxylic acids is 1. The molecule has 3 aromatic rings. The number of thiocarbonyl (C=S) groups is 1. The second-order valence-electron chi connectivity index (χ2n) is 23.4. The SMILES string of the molecule is Br.BrBr.CC(=N)OC1CCc2nc(N)sc2C1.CC(=O)NC1CCC(=O)C(Br)C1.CC(=O)NC1CCC(=O)C(Br)C1.CC(=O)NC1CCC(=O)CC1.CC(=O)NC1CCC(O)CC1.CC(=O)O.NC(=O)CC1CCc2nc(N)sc2C1.NC(N)=S.Nc1nc2c(s1)CC(N)CC2.O.[Na+].[OH-]. The molecule has 7 aliphatic carbocycles. The summed E-state index contributed by atoms with van der Waals surface area (Å²) in [6.07, 6.45) is 19.6. The van der Waals surface area contributed by atoms with Gasteiger partial charge in [0, 0.05) is 153 Å². The summed E-state index contributed by atoms with van der Waals surface area (Å²) in [5.74, 6) is 0.449. The van der Waals surface area contributed by atoms with Crippen molar-refractivity contribution in [2.45, 2.75) is 248 Å². The van der Waals surface area contributed by atoms with Gasteiger partial charge in [0.05, 0.1) is 32.8 Å². The molecule has 0 aliphatic heterocycles. The van der Waals surface area contributed by atoms with Crippen LogP contribution in [0.3, 0.4) is 0 Å². The average molecular weight is 1810 g/mol. The minimum Gasteiger partial charge on any atom is -0.870 e. The number of ether oxygens (including phenoxy) is 1. The van der Waals surface area contributed by atoms with Crippen molar-refractivity contribution >= 4 is 203 Å². The van der Waals surface area contributed by atoms with Crippen LogP contribution >= 0.6 is 123 Å². The molecule has 0 bridgehead atoms. The van der Waals surface area contributed by atoms with Gasteiger partial charge in [-0.3, -0.25) is 48.6 Å². The van der Waals surface area contributed by atoms with Gasteiger partial charge in [-0.15, -0.1) is 51.0 Å². The number of alkyl halides is 2. The second-order valence-corrected chi connectivity index (χ2v) is 29.5. The number of aliphatic carboxylic acids is 1. The summed E-state index contributed by atoms with van der Waals surface area (Å²) in [6.45, 7) is 8.79. The molecule has 3 aromatic heterocycles. The number of anilines is 3. The molecule has 5 amide bonds. The number of aryl methyl sites for hydroxylation is 3. The predicted molar refractivity (Wildman–Crippen MR) is 409 cm³/mol. The van der Waals surface area contributed by atoms with Crippen LogP contribution in [0.4, 0.5) is 15.4 Å². The molecule has 7 unspecified atom stereocenters. The number of aliphatic hydroxyl groups is 1. The van der Waals surface area contributed by atoms with Crippen LogP contribution in [0.1, 0.15) is 189 Å². The minimum atomic E-state index is -0.833. The van der Waals surface area contributed by atoms with E-state index in [2.05, 4.69) is 120 Å². The molecule has 3 heterocycles. The van der Waals surface area contributed by atoms with E-state index in [0.717, 1.165) is 140 Å². The van der Waals surface area contributed by atoms with Crippen molar-refractivity contribution in [1.82, 2.24) is 36.2 Å². The number of amides is 5. The van der Waals surface area contributed by atoms with Gasteiger partial charge < -0.3 is 87.3 Å². The summed E-state index contributed by atoms with van der Waals surface area (Å²) in [5.41, 5.74) is 40.4. The van der Waals surface area contributed by atoms with E-state index in [4.69, 9.17) is 53.8 Å². The number of fused-ring (bicyclic) bond motifs is 3. The number of thiazole rings is 3. The Labute approximate surface area is 661 Å². The Balaban J connectivity index is -0.000000517. The number of ketones is 3. The molecule has 4 saturated carbocycles. The third-order valence-electron chi connectivity index (χ3n) is 14.8. The van der Waals surface area contributed by atoms with Gasteiger partial charge in [0.25, 0.3) is 5.97 Å². The normalized spacial score (nSPS) is 21.9. The Morgan fingerprint density at radius 3 is 1.27 bits per heavy atom. The number of carboxylic acid groups (broad SMARTS) is 1. The molecular weight excluding hydrogens is 1710 g/mol. The number of halogens is 5. The molecule has 99 heavy (non-hydrogen) atoms. The van der Waals surface area contributed by atoms with Crippen molar-refractivity contribution in [1.29, 1.82) is 5.41 Å². The van der Waals surface area contributed by atoms with Crippen molar-refractivity contribution in [2.24, 2.45) is 28.9 Å². The molecule has 4 fully saturated rings. The van der Waals surface area contributed by atoms with Gasteiger partial charge in [-0.2, -0.15) is 0 Å². The van der Waals surface area contributed by atoms with Gasteiger partial charge in [0.1, 0.15) is 23.5 Å². The van der Waals surface area contributed by atoms with Crippen molar-refractivity contribution < 1.29 is 98.6 Å². The Bertz CT molecular complexity index is 2830. The summed E-state index contributed by atoms with van der Waals surface area (Å²) >= 11 is 20.8. The zero-order valence-corrected chi connectivity index (χ0v) is 70.4. The fraction of sp³-hybridized carbons (Fsp3) is 0.667. The fourth-order valence-electron chi connectivity index (χ4n) is 10.7. The van der Waals surface area contributed by atoms with Gasteiger partial charge in [-0.25, -0.2) is 15.0 Å². The van der Waals surface area contributed by atoms with Crippen LogP contribution in [0.25, 0.3) is 0 Å². The third kappa shape index (κ3) is 48.2. The molecule has 0 aromatic carbocycles.